The molecule has 0 saturated heterocycles. The molecule has 0 aromatic heterocycles. The number of carbonyl (C=O) groups excluding carboxylic acids is 1. The fourth-order valence-electron chi connectivity index (χ4n) is 2.31. The van der Waals surface area contributed by atoms with E-state index in [2.05, 4.69) is 5.32 Å². The Kier molecular flexibility index (Phi) is 4.56. The van der Waals surface area contributed by atoms with Crippen LogP contribution < -0.4 is 20.1 Å². The number of hydrogen-bond acceptors (Lipinski definition) is 3. The molecule has 1 amide bonds. The molecule has 5 heteroatoms. The van der Waals surface area contributed by atoms with Crippen LogP contribution in [0.2, 0.25) is 0 Å². The molecule has 0 spiro atoms. The third-order valence-corrected chi connectivity index (χ3v) is 3.38. The van der Waals surface area contributed by atoms with Crippen LogP contribution in [-0.4, -0.2) is 31.7 Å². The molecule has 3 rings (SSSR count). The highest BCUT2D eigenvalue weighted by atomic mass is 16.6. The molecule has 0 aliphatic carbocycles. The van der Waals surface area contributed by atoms with Crippen LogP contribution >= 0.6 is 0 Å². The van der Waals surface area contributed by atoms with Gasteiger partial charge in [0.05, 0.1) is 0 Å². The molecule has 0 unspecified atom stereocenters. The lowest BCUT2D eigenvalue weighted by Crippen LogP contribution is -2.89. The van der Waals surface area contributed by atoms with Gasteiger partial charge in [-0.25, -0.2) is 0 Å². The second-order valence-electron chi connectivity index (χ2n) is 5.14. The fraction of sp³-hybridized carbons (Fsp3) is 0.235. The van der Waals surface area contributed by atoms with Crippen LogP contribution in [0, 0.1) is 0 Å². The predicted octanol–water partition coefficient (Wildman–Crippen LogP) is 1.03. The summed E-state index contributed by atoms with van der Waals surface area (Å²) in [6.45, 7) is 1.54. The van der Waals surface area contributed by atoms with Crippen LogP contribution in [0.5, 0.6) is 11.5 Å². The Balaban J connectivity index is 1.41. The summed E-state index contributed by atoms with van der Waals surface area (Å²) in [5.41, 5.74) is 0.812. The summed E-state index contributed by atoms with van der Waals surface area (Å²) in [6, 6.07) is 17.1. The van der Waals surface area contributed by atoms with E-state index in [1.165, 1.54) is 0 Å². The zero-order chi connectivity index (χ0) is 15.2. The number of ether oxygens (including phenoxy) is 2. The number of nitrogens with two attached hydrogens (primary N) is 1. The molecular formula is C17H19N2O3+. The quantitative estimate of drug-likeness (QED) is 0.867. The predicted molar refractivity (Wildman–Crippen MR) is 83.1 cm³/mol. The molecule has 1 atom stereocenters. The van der Waals surface area contributed by atoms with Gasteiger partial charge in [0, 0.05) is 5.69 Å². The van der Waals surface area contributed by atoms with E-state index in [-0.39, 0.29) is 12.0 Å². The van der Waals surface area contributed by atoms with Crippen LogP contribution in [0.1, 0.15) is 0 Å². The average molecular weight is 299 g/mol. The number of carbonyl (C=O) groups is 1. The smallest absolute Gasteiger partial charge is 0.279 e. The lowest BCUT2D eigenvalue weighted by Gasteiger charge is -2.25. The molecule has 0 radical (unpaired) electrons. The third-order valence-electron chi connectivity index (χ3n) is 3.38. The normalized spacial score (nSPS) is 16.1. The second-order valence-corrected chi connectivity index (χ2v) is 5.14. The van der Waals surface area contributed by atoms with Crippen molar-refractivity contribution in [2.24, 2.45) is 0 Å². The number of fused-ring (bicyclic) bond motifs is 1. The number of hydrogen-bond donors (Lipinski definition) is 2. The van der Waals surface area contributed by atoms with Crippen molar-refractivity contribution in [2.45, 2.75) is 6.10 Å². The molecule has 3 N–H and O–H groups in total. The van der Waals surface area contributed by atoms with Crippen molar-refractivity contribution in [2.75, 3.05) is 25.0 Å². The van der Waals surface area contributed by atoms with Crippen LogP contribution in [0.4, 0.5) is 5.69 Å². The van der Waals surface area contributed by atoms with Crippen LogP contribution in [-0.2, 0) is 4.79 Å². The lowest BCUT2D eigenvalue weighted by molar-refractivity contribution is -0.649. The highest BCUT2D eigenvalue weighted by Crippen LogP contribution is 2.30. The van der Waals surface area contributed by atoms with Gasteiger partial charge < -0.3 is 20.1 Å². The van der Waals surface area contributed by atoms with E-state index in [9.17, 15) is 4.79 Å². The van der Waals surface area contributed by atoms with Crippen molar-refractivity contribution in [3.05, 3.63) is 54.6 Å². The number of anilines is 1. The van der Waals surface area contributed by atoms with Gasteiger partial charge in [0.15, 0.2) is 24.1 Å². The highest BCUT2D eigenvalue weighted by molar-refractivity contribution is 5.91. The lowest BCUT2D eigenvalue weighted by atomic mass is 10.2. The standard InChI is InChI=1S/C17H18N2O3/c20-17(19-13-6-2-1-3-7-13)11-18-10-14-12-21-15-8-4-5-9-16(15)22-14/h1-9,14,18H,10-12H2,(H,19,20)/p+1/t14-/m0/s1. The summed E-state index contributed by atoms with van der Waals surface area (Å²) in [7, 11) is 0. The molecule has 0 bridgehead atoms. The van der Waals surface area contributed by atoms with Gasteiger partial charge in [-0.05, 0) is 24.3 Å². The first kappa shape index (κ1) is 14.4. The summed E-state index contributed by atoms with van der Waals surface area (Å²) < 4.78 is 11.5. The van der Waals surface area contributed by atoms with Gasteiger partial charge >= 0.3 is 0 Å². The van der Waals surface area contributed by atoms with Crippen molar-refractivity contribution >= 4 is 11.6 Å². The van der Waals surface area contributed by atoms with E-state index in [4.69, 9.17) is 9.47 Å². The Morgan fingerprint density at radius 1 is 1.09 bits per heavy atom. The first-order chi connectivity index (χ1) is 10.8. The molecule has 2 aromatic carbocycles. The van der Waals surface area contributed by atoms with E-state index in [0.717, 1.165) is 17.2 Å². The Morgan fingerprint density at radius 3 is 2.64 bits per heavy atom. The van der Waals surface area contributed by atoms with Crippen LogP contribution in [0.15, 0.2) is 54.6 Å². The second kappa shape index (κ2) is 6.95. The Morgan fingerprint density at radius 2 is 1.82 bits per heavy atom. The van der Waals surface area contributed by atoms with Gasteiger partial charge in [-0.15, -0.1) is 0 Å². The van der Waals surface area contributed by atoms with Crippen molar-refractivity contribution in [3.63, 3.8) is 0 Å². The molecule has 114 valence electrons. The number of nitrogens with one attached hydrogen (secondary N) is 1. The minimum atomic E-state index is -0.0422. The molecule has 22 heavy (non-hydrogen) atoms. The average Bonchev–Trinajstić information content (AvgIpc) is 2.55. The topological polar surface area (TPSA) is 64.2 Å². The van der Waals surface area contributed by atoms with Gasteiger partial charge in [-0.2, -0.15) is 0 Å². The molecule has 1 heterocycles. The Hall–Kier alpha value is -2.53. The van der Waals surface area contributed by atoms with Gasteiger partial charge in [0.1, 0.15) is 13.2 Å². The van der Waals surface area contributed by atoms with Gasteiger partial charge in [-0.3, -0.25) is 4.79 Å². The van der Waals surface area contributed by atoms with E-state index in [1.54, 1.807) is 0 Å². The molecule has 0 fully saturated rings. The van der Waals surface area contributed by atoms with Crippen LogP contribution in [0.3, 0.4) is 0 Å². The first-order valence-corrected chi connectivity index (χ1v) is 7.36. The molecule has 5 nitrogen and oxygen atoms in total. The molecule has 1 aliphatic heterocycles. The summed E-state index contributed by atoms with van der Waals surface area (Å²) in [5, 5.41) is 4.78. The zero-order valence-corrected chi connectivity index (χ0v) is 12.2. The minimum Gasteiger partial charge on any atom is -0.486 e. The van der Waals surface area contributed by atoms with Crippen LogP contribution in [0.25, 0.3) is 0 Å². The highest BCUT2D eigenvalue weighted by Gasteiger charge is 2.22. The van der Waals surface area contributed by atoms with Crippen molar-refractivity contribution in [1.82, 2.24) is 0 Å². The van der Waals surface area contributed by atoms with Crippen molar-refractivity contribution in [1.29, 1.82) is 0 Å². The molecule has 0 saturated carbocycles. The van der Waals surface area contributed by atoms with E-state index in [1.807, 2.05) is 59.9 Å². The maximum Gasteiger partial charge on any atom is 0.279 e. The van der Waals surface area contributed by atoms with E-state index < -0.39 is 0 Å². The summed E-state index contributed by atoms with van der Waals surface area (Å²) >= 11 is 0. The van der Waals surface area contributed by atoms with Gasteiger partial charge in [-0.1, -0.05) is 30.3 Å². The third kappa shape index (κ3) is 3.77. The SMILES string of the molecule is O=C(C[NH2+]C[C@H]1COc2ccccc2O1)Nc1ccccc1. The van der Waals surface area contributed by atoms with Crippen molar-refractivity contribution in [3.8, 4) is 11.5 Å². The first-order valence-electron chi connectivity index (χ1n) is 7.36. The Bertz CT molecular complexity index is 631. The van der Waals surface area contributed by atoms with Crippen molar-refractivity contribution < 1.29 is 19.6 Å². The number of para-hydroxylation sites is 3. The zero-order valence-electron chi connectivity index (χ0n) is 12.2. The summed E-state index contributed by atoms with van der Waals surface area (Å²) in [6.07, 6.45) is -0.0422. The number of quaternary nitrogens is 1. The largest absolute Gasteiger partial charge is 0.486 e. The number of rotatable bonds is 5. The molecule has 1 aliphatic rings. The summed E-state index contributed by atoms with van der Waals surface area (Å²) in [4.78, 5) is 11.8. The fourth-order valence-corrected chi connectivity index (χ4v) is 2.31. The number of benzene rings is 2. The maximum atomic E-state index is 11.8. The molecular weight excluding hydrogens is 280 g/mol. The van der Waals surface area contributed by atoms with E-state index in [0.29, 0.717) is 19.7 Å². The molecule has 2 aromatic rings. The monoisotopic (exact) mass is 299 g/mol. The van der Waals surface area contributed by atoms with Gasteiger partial charge in [0.25, 0.3) is 5.91 Å². The van der Waals surface area contributed by atoms with Gasteiger partial charge in [0.2, 0.25) is 0 Å². The summed E-state index contributed by atoms with van der Waals surface area (Å²) in [5.74, 6) is 1.52. The maximum absolute atomic E-state index is 11.8. The Labute approximate surface area is 129 Å². The van der Waals surface area contributed by atoms with E-state index >= 15 is 0 Å². The minimum absolute atomic E-state index is 0.0247. The number of amides is 1.